The highest BCUT2D eigenvalue weighted by molar-refractivity contribution is 9.10. The molecule has 0 bridgehead atoms. The number of halogens is 1. The molecule has 0 amide bonds. The molecule has 2 heterocycles. The van der Waals surface area contributed by atoms with Crippen LogP contribution in [0.3, 0.4) is 0 Å². The standard InChI is InChI=1S/C12H16BrN5/c1-7(14)4-10-5-15-12(16-6-10)18-9(3)11(13)8(2)17-18/h5-7H,4,14H2,1-3H3. The fourth-order valence-corrected chi connectivity index (χ4v) is 2.00. The lowest BCUT2D eigenvalue weighted by Crippen LogP contribution is -2.18. The van der Waals surface area contributed by atoms with Crippen molar-refractivity contribution in [3.63, 3.8) is 0 Å². The van der Waals surface area contributed by atoms with Crippen LogP contribution in [-0.2, 0) is 6.42 Å². The number of hydrogen-bond acceptors (Lipinski definition) is 4. The van der Waals surface area contributed by atoms with Crippen molar-refractivity contribution in [3.05, 3.63) is 33.8 Å². The molecule has 6 heteroatoms. The third-order valence-electron chi connectivity index (χ3n) is 2.64. The van der Waals surface area contributed by atoms with E-state index < -0.39 is 0 Å². The third kappa shape index (κ3) is 2.59. The molecular formula is C12H16BrN5. The molecule has 0 aromatic carbocycles. The summed E-state index contributed by atoms with van der Waals surface area (Å²) in [5.41, 5.74) is 8.70. The van der Waals surface area contributed by atoms with E-state index in [1.807, 2.05) is 20.8 Å². The first-order valence-corrected chi connectivity index (χ1v) is 6.57. The molecule has 0 saturated heterocycles. The molecule has 2 aromatic heterocycles. The summed E-state index contributed by atoms with van der Waals surface area (Å²) in [6.45, 7) is 5.88. The topological polar surface area (TPSA) is 69.6 Å². The highest BCUT2D eigenvalue weighted by atomic mass is 79.9. The van der Waals surface area contributed by atoms with E-state index in [0.29, 0.717) is 5.95 Å². The normalized spacial score (nSPS) is 12.7. The van der Waals surface area contributed by atoms with E-state index >= 15 is 0 Å². The Balaban J connectivity index is 2.31. The maximum Gasteiger partial charge on any atom is 0.250 e. The van der Waals surface area contributed by atoms with Crippen LogP contribution in [0.2, 0.25) is 0 Å². The summed E-state index contributed by atoms with van der Waals surface area (Å²) in [4.78, 5) is 8.66. The molecule has 2 aromatic rings. The molecule has 96 valence electrons. The molecule has 0 fully saturated rings. The molecule has 2 rings (SSSR count). The van der Waals surface area contributed by atoms with Crippen molar-refractivity contribution >= 4 is 15.9 Å². The third-order valence-corrected chi connectivity index (χ3v) is 3.79. The Kier molecular flexibility index (Phi) is 3.77. The summed E-state index contributed by atoms with van der Waals surface area (Å²) in [6, 6.07) is 0.113. The van der Waals surface area contributed by atoms with E-state index in [9.17, 15) is 0 Å². The fourth-order valence-electron chi connectivity index (χ4n) is 1.75. The van der Waals surface area contributed by atoms with E-state index in [-0.39, 0.29) is 6.04 Å². The van der Waals surface area contributed by atoms with Crippen LogP contribution in [0.1, 0.15) is 23.9 Å². The van der Waals surface area contributed by atoms with Gasteiger partial charge in [-0.3, -0.25) is 0 Å². The fraction of sp³-hybridized carbons (Fsp3) is 0.417. The van der Waals surface area contributed by atoms with E-state index in [1.165, 1.54) is 0 Å². The Hall–Kier alpha value is -1.27. The number of aromatic nitrogens is 4. The number of rotatable bonds is 3. The van der Waals surface area contributed by atoms with Gasteiger partial charge in [0.15, 0.2) is 0 Å². The van der Waals surface area contributed by atoms with Gasteiger partial charge in [-0.05, 0) is 48.7 Å². The molecular weight excluding hydrogens is 294 g/mol. The molecule has 18 heavy (non-hydrogen) atoms. The first kappa shape index (κ1) is 13.2. The Labute approximate surface area is 115 Å². The van der Waals surface area contributed by atoms with Gasteiger partial charge in [-0.1, -0.05) is 0 Å². The summed E-state index contributed by atoms with van der Waals surface area (Å²) < 4.78 is 2.72. The van der Waals surface area contributed by atoms with Gasteiger partial charge in [0, 0.05) is 18.4 Å². The van der Waals surface area contributed by atoms with Crippen LogP contribution in [0.5, 0.6) is 0 Å². The Bertz CT molecular complexity index is 544. The van der Waals surface area contributed by atoms with Gasteiger partial charge in [-0.15, -0.1) is 0 Å². The van der Waals surface area contributed by atoms with Gasteiger partial charge in [-0.2, -0.15) is 5.10 Å². The van der Waals surface area contributed by atoms with Gasteiger partial charge < -0.3 is 5.73 Å². The van der Waals surface area contributed by atoms with Crippen molar-refractivity contribution in [1.82, 2.24) is 19.7 Å². The highest BCUT2D eigenvalue weighted by Crippen LogP contribution is 2.21. The smallest absolute Gasteiger partial charge is 0.250 e. The van der Waals surface area contributed by atoms with Gasteiger partial charge in [0.05, 0.1) is 15.9 Å². The highest BCUT2D eigenvalue weighted by Gasteiger charge is 2.12. The van der Waals surface area contributed by atoms with E-state index in [1.54, 1.807) is 17.1 Å². The molecule has 0 aliphatic carbocycles. The van der Waals surface area contributed by atoms with Crippen molar-refractivity contribution in [2.75, 3.05) is 0 Å². The van der Waals surface area contributed by atoms with Crippen molar-refractivity contribution in [2.45, 2.75) is 33.2 Å². The zero-order valence-corrected chi connectivity index (χ0v) is 12.3. The van der Waals surface area contributed by atoms with E-state index in [2.05, 4.69) is 31.0 Å². The number of nitrogens with two attached hydrogens (primary N) is 1. The van der Waals surface area contributed by atoms with Gasteiger partial charge in [0.1, 0.15) is 0 Å². The van der Waals surface area contributed by atoms with Crippen LogP contribution in [-0.4, -0.2) is 25.8 Å². The zero-order chi connectivity index (χ0) is 13.3. The van der Waals surface area contributed by atoms with Crippen LogP contribution < -0.4 is 5.73 Å². The van der Waals surface area contributed by atoms with Crippen LogP contribution >= 0.6 is 15.9 Å². The molecule has 0 saturated carbocycles. The van der Waals surface area contributed by atoms with Gasteiger partial charge in [0.25, 0.3) is 5.95 Å². The quantitative estimate of drug-likeness (QED) is 0.940. The summed E-state index contributed by atoms with van der Waals surface area (Å²) in [5, 5.41) is 4.39. The maximum absolute atomic E-state index is 5.74. The summed E-state index contributed by atoms with van der Waals surface area (Å²) in [5.74, 6) is 0.578. The van der Waals surface area contributed by atoms with Gasteiger partial charge >= 0.3 is 0 Å². The summed E-state index contributed by atoms with van der Waals surface area (Å²) in [7, 11) is 0. The molecule has 1 atom stereocenters. The molecule has 0 aliphatic heterocycles. The predicted octanol–water partition coefficient (Wildman–Crippen LogP) is 1.93. The first-order valence-electron chi connectivity index (χ1n) is 5.77. The van der Waals surface area contributed by atoms with Crippen molar-refractivity contribution in [3.8, 4) is 5.95 Å². The lowest BCUT2D eigenvalue weighted by Gasteiger charge is -2.06. The molecule has 0 aliphatic rings. The minimum Gasteiger partial charge on any atom is -0.328 e. The van der Waals surface area contributed by atoms with Gasteiger partial charge in [-0.25, -0.2) is 14.6 Å². The van der Waals surface area contributed by atoms with Crippen molar-refractivity contribution < 1.29 is 0 Å². The Morgan fingerprint density at radius 2 is 1.94 bits per heavy atom. The molecule has 2 N–H and O–H groups in total. The Morgan fingerprint density at radius 1 is 1.33 bits per heavy atom. The number of nitrogens with zero attached hydrogens (tertiary/aromatic N) is 4. The molecule has 1 unspecified atom stereocenters. The van der Waals surface area contributed by atoms with Crippen LogP contribution in [0, 0.1) is 13.8 Å². The lowest BCUT2D eigenvalue weighted by molar-refractivity contribution is 0.722. The molecule has 0 radical (unpaired) electrons. The maximum atomic E-state index is 5.74. The minimum atomic E-state index is 0.113. The monoisotopic (exact) mass is 309 g/mol. The average molecular weight is 310 g/mol. The van der Waals surface area contributed by atoms with Crippen LogP contribution in [0.4, 0.5) is 0 Å². The zero-order valence-electron chi connectivity index (χ0n) is 10.7. The van der Waals surface area contributed by atoms with E-state index in [4.69, 9.17) is 5.73 Å². The second-order valence-electron chi connectivity index (χ2n) is 4.47. The molecule has 5 nitrogen and oxygen atoms in total. The lowest BCUT2D eigenvalue weighted by atomic mass is 10.1. The average Bonchev–Trinajstić information content (AvgIpc) is 2.57. The van der Waals surface area contributed by atoms with Crippen molar-refractivity contribution in [1.29, 1.82) is 0 Å². The SMILES string of the molecule is Cc1nn(-c2ncc(CC(C)N)cn2)c(C)c1Br. The predicted molar refractivity (Wildman–Crippen MR) is 73.7 cm³/mol. The second kappa shape index (κ2) is 5.16. The number of hydrogen-bond donors (Lipinski definition) is 1. The summed E-state index contributed by atoms with van der Waals surface area (Å²) >= 11 is 3.49. The minimum absolute atomic E-state index is 0.113. The van der Waals surface area contributed by atoms with Gasteiger partial charge in [0.2, 0.25) is 0 Å². The number of aryl methyl sites for hydroxylation is 1. The molecule has 0 spiro atoms. The van der Waals surface area contributed by atoms with E-state index in [0.717, 1.165) is 27.8 Å². The second-order valence-corrected chi connectivity index (χ2v) is 5.26. The Morgan fingerprint density at radius 3 is 2.39 bits per heavy atom. The van der Waals surface area contributed by atoms with Crippen LogP contribution in [0.15, 0.2) is 16.9 Å². The van der Waals surface area contributed by atoms with Crippen molar-refractivity contribution in [2.24, 2.45) is 5.73 Å². The summed E-state index contributed by atoms with van der Waals surface area (Å²) in [6.07, 6.45) is 4.38. The first-order chi connectivity index (χ1) is 8.49. The largest absolute Gasteiger partial charge is 0.328 e. The van der Waals surface area contributed by atoms with Crippen LogP contribution in [0.25, 0.3) is 5.95 Å².